The molecule has 0 unspecified atom stereocenters. The van der Waals surface area contributed by atoms with Crippen LogP contribution in [0.4, 0.5) is 0 Å². The molecule has 0 bridgehead atoms. The molecule has 0 saturated carbocycles. The maximum Gasteiger partial charge on any atom is 0.290 e. The van der Waals surface area contributed by atoms with Crippen LogP contribution in [-0.2, 0) is 11.8 Å². The van der Waals surface area contributed by atoms with Gasteiger partial charge in [-0.3, -0.25) is 25.2 Å². The molecule has 0 atom stereocenters. The summed E-state index contributed by atoms with van der Waals surface area (Å²) in [5.74, 6) is -0.292. The van der Waals surface area contributed by atoms with Crippen LogP contribution in [0.25, 0.3) is 10.8 Å². The summed E-state index contributed by atoms with van der Waals surface area (Å²) in [4.78, 5) is 37.6. The molecule has 0 fully saturated rings. The molecule has 8 heteroatoms. The van der Waals surface area contributed by atoms with Crippen molar-refractivity contribution in [1.29, 1.82) is 0 Å². The lowest BCUT2D eigenvalue weighted by Crippen LogP contribution is -2.42. The van der Waals surface area contributed by atoms with Gasteiger partial charge in [0.1, 0.15) is 0 Å². The van der Waals surface area contributed by atoms with Crippen LogP contribution >= 0.6 is 11.8 Å². The Kier molecular flexibility index (Phi) is 6.10. The van der Waals surface area contributed by atoms with E-state index >= 15 is 0 Å². The highest BCUT2D eigenvalue weighted by atomic mass is 32.2. The lowest BCUT2D eigenvalue weighted by atomic mass is 10.1. The number of fused-ring (bicyclic) bond motifs is 1. The fraction of sp³-hybridized carbons (Fsp3) is 0.200. The molecule has 7 nitrogen and oxygen atoms in total. The number of carbonyl (C=O) groups excluding carboxylic acids is 2. The maximum atomic E-state index is 12.4. The molecule has 28 heavy (non-hydrogen) atoms. The second kappa shape index (κ2) is 8.71. The maximum absolute atomic E-state index is 12.4. The van der Waals surface area contributed by atoms with Gasteiger partial charge in [0.15, 0.2) is 5.69 Å². The molecule has 2 aromatic carbocycles. The Morgan fingerprint density at radius 1 is 1.04 bits per heavy atom. The summed E-state index contributed by atoms with van der Waals surface area (Å²) in [6, 6.07) is 14.8. The van der Waals surface area contributed by atoms with Crippen molar-refractivity contribution in [2.24, 2.45) is 7.05 Å². The Balaban J connectivity index is 1.57. The number of amides is 2. The van der Waals surface area contributed by atoms with Crippen molar-refractivity contribution in [1.82, 2.24) is 20.6 Å². The zero-order valence-corrected chi connectivity index (χ0v) is 16.4. The topological polar surface area (TPSA) is 93.1 Å². The van der Waals surface area contributed by atoms with Gasteiger partial charge in [-0.2, -0.15) is 5.10 Å². The van der Waals surface area contributed by atoms with E-state index in [1.54, 1.807) is 36.0 Å². The minimum Gasteiger partial charge on any atom is -0.273 e. The third-order valence-corrected chi connectivity index (χ3v) is 5.12. The molecule has 2 amide bonds. The fourth-order valence-electron chi connectivity index (χ4n) is 2.61. The zero-order chi connectivity index (χ0) is 20.1. The highest BCUT2D eigenvalue weighted by Crippen LogP contribution is 2.18. The number of hydrogen-bond donors (Lipinski definition) is 2. The molecule has 3 aromatic rings. The van der Waals surface area contributed by atoms with Crippen LogP contribution in [0.5, 0.6) is 0 Å². The van der Waals surface area contributed by atoms with E-state index in [9.17, 15) is 14.4 Å². The predicted molar refractivity (Wildman–Crippen MR) is 109 cm³/mol. The predicted octanol–water partition coefficient (Wildman–Crippen LogP) is 2.19. The molecule has 1 aromatic heterocycles. The van der Waals surface area contributed by atoms with Gasteiger partial charge in [-0.15, -0.1) is 11.8 Å². The van der Waals surface area contributed by atoms with Gasteiger partial charge in [-0.05, 0) is 25.1 Å². The molecule has 0 saturated heterocycles. The summed E-state index contributed by atoms with van der Waals surface area (Å²) in [6.45, 7) is 2.02. The van der Waals surface area contributed by atoms with Crippen molar-refractivity contribution in [3.63, 3.8) is 0 Å². The summed E-state index contributed by atoms with van der Waals surface area (Å²) < 4.78 is 1.11. The minimum atomic E-state index is -0.577. The van der Waals surface area contributed by atoms with Gasteiger partial charge in [-0.25, -0.2) is 4.68 Å². The molecule has 0 aliphatic heterocycles. The number of nitrogens with zero attached hydrogens (tertiary/aromatic N) is 2. The van der Waals surface area contributed by atoms with Gasteiger partial charge in [-0.1, -0.05) is 35.9 Å². The molecule has 0 aliphatic rings. The normalized spacial score (nSPS) is 10.6. The van der Waals surface area contributed by atoms with Crippen LogP contribution in [0.1, 0.15) is 22.5 Å². The standard InChI is InChI=1S/C20H20N4O3S/c1-13-7-9-14(10-8-13)28-12-11-17(25)21-22-19(26)18-15-5-3-4-6-16(15)20(27)24(2)23-18/h3-10H,11-12H2,1-2H3,(H,21,25)(H,22,26). The van der Waals surface area contributed by atoms with Gasteiger partial charge in [0.05, 0.1) is 5.39 Å². The first kappa shape index (κ1) is 19.6. The summed E-state index contributed by atoms with van der Waals surface area (Å²) in [6.07, 6.45) is 0.250. The first-order chi connectivity index (χ1) is 13.5. The number of nitrogens with one attached hydrogen (secondary N) is 2. The van der Waals surface area contributed by atoms with Crippen molar-refractivity contribution in [2.75, 3.05) is 5.75 Å². The molecular weight excluding hydrogens is 376 g/mol. The van der Waals surface area contributed by atoms with E-state index in [1.807, 2.05) is 31.2 Å². The van der Waals surface area contributed by atoms with E-state index in [2.05, 4.69) is 16.0 Å². The lowest BCUT2D eigenvalue weighted by Gasteiger charge is -2.10. The number of aromatic nitrogens is 2. The molecule has 0 radical (unpaired) electrons. The van der Waals surface area contributed by atoms with Crippen molar-refractivity contribution >= 4 is 34.3 Å². The second-order valence-electron chi connectivity index (χ2n) is 6.24. The Morgan fingerprint density at radius 2 is 1.71 bits per heavy atom. The van der Waals surface area contributed by atoms with Crippen molar-refractivity contribution < 1.29 is 9.59 Å². The molecule has 0 spiro atoms. The Hall–Kier alpha value is -3.13. The fourth-order valence-corrected chi connectivity index (χ4v) is 3.46. The van der Waals surface area contributed by atoms with E-state index in [4.69, 9.17) is 0 Å². The molecule has 1 heterocycles. The molecule has 2 N–H and O–H groups in total. The largest absolute Gasteiger partial charge is 0.290 e. The first-order valence-corrected chi connectivity index (χ1v) is 9.69. The number of carbonyl (C=O) groups is 2. The molecule has 0 aliphatic carbocycles. The van der Waals surface area contributed by atoms with Crippen molar-refractivity contribution in [2.45, 2.75) is 18.2 Å². The monoisotopic (exact) mass is 396 g/mol. The highest BCUT2D eigenvalue weighted by molar-refractivity contribution is 7.99. The number of benzene rings is 2. The smallest absolute Gasteiger partial charge is 0.273 e. The van der Waals surface area contributed by atoms with Crippen LogP contribution in [0.2, 0.25) is 0 Å². The summed E-state index contributed by atoms with van der Waals surface area (Å²) in [7, 11) is 1.48. The van der Waals surface area contributed by atoms with Gasteiger partial charge in [0, 0.05) is 29.5 Å². The van der Waals surface area contributed by atoms with Crippen molar-refractivity contribution in [3.8, 4) is 0 Å². The van der Waals surface area contributed by atoms with E-state index in [-0.39, 0.29) is 23.6 Å². The van der Waals surface area contributed by atoms with Gasteiger partial charge < -0.3 is 0 Å². The third-order valence-electron chi connectivity index (χ3n) is 4.11. The number of rotatable bonds is 5. The van der Waals surface area contributed by atoms with E-state index < -0.39 is 5.91 Å². The zero-order valence-electron chi connectivity index (χ0n) is 15.6. The van der Waals surface area contributed by atoms with E-state index in [0.29, 0.717) is 16.5 Å². The van der Waals surface area contributed by atoms with Crippen LogP contribution in [0, 0.1) is 6.92 Å². The van der Waals surface area contributed by atoms with Gasteiger partial charge in [0.2, 0.25) is 5.91 Å². The van der Waals surface area contributed by atoms with Gasteiger partial charge >= 0.3 is 0 Å². The Morgan fingerprint density at radius 3 is 2.43 bits per heavy atom. The minimum absolute atomic E-state index is 0.0760. The number of hydrazine groups is 1. The van der Waals surface area contributed by atoms with E-state index in [0.717, 1.165) is 9.58 Å². The van der Waals surface area contributed by atoms with Crippen LogP contribution in [0.3, 0.4) is 0 Å². The molecular formula is C20H20N4O3S. The lowest BCUT2D eigenvalue weighted by molar-refractivity contribution is -0.121. The average Bonchev–Trinajstić information content (AvgIpc) is 2.70. The van der Waals surface area contributed by atoms with Crippen LogP contribution in [-0.4, -0.2) is 27.3 Å². The second-order valence-corrected chi connectivity index (χ2v) is 7.41. The highest BCUT2D eigenvalue weighted by Gasteiger charge is 2.16. The van der Waals surface area contributed by atoms with Gasteiger partial charge in [0.25, 0.3) is 11.5 Å². The molecule has 144 valence electrons. The SMILES string of the molecule is Cc1ccc(SCCC(=O)NNC(=O)c2nn(C)c(=O)c3ccccc23)cc1. The summed E-state index contributed by atoms with van der Waals surface area (Å²) in [5, 5.41) is 4.86. The third kappa shape index (κ3) is 4.58. The average molecular weight is 396 g/mol. The Bertz CT molecular complexity index is 1080. The first-order valence-electron chi connectivity index (χ1n) is 8.70. The quantitative estimate of drug-likeness (QED) is 0.509. The Labute approximate surface area is 166 Å². The molecule has 3 rings (SSSR count). The van der Waals surface area contributed by atoms with Crippen molar-refractivity contribution in [3.05, 3.63) is 70.1 Å². The summed E-state index contributed by atoms with van der Waals surface area (Å²) in [5.41, 5.74) is 5.74. The van der Waals surface area contributed by atoms with E-state index in [1.165, 1.54) is 12.6 Å². The van der Waals surface area contributed by atoms with Crippen LogP contribution in [0.15, 0.2) is 58.2 Å². The number of hydrogen-bond acceptors (Lipinski definition) is 5. The van der Waals surface area contributed by atoms with Crippen LogP contribution < -0.4 is 16.4 Å². The number of aryl methyl sites for hydroxylation is 2. The summed E-state index contributed by atoms with van der Waals surface area (Å²) >= 11 is 1.57. The number of thioether (sulfide) groups is 1.